The summed E-state index contributed by atoms with van der Waals surface area (Å²) in [4.78, 5) is 16.2. The molecule has 0 aliphatic heterocycles. The molecule has 0 radical (unpaired) electrons. The number of ether oxygens (including phenoxy) is 1. The Hall–Kier alpha value is -2.29. The second kappa shape index (κ2) is 11.5. The van der Waals surface area contributed by atoms with Gasteiger partial charge in [-0.2, -0.15) is 0 Å². The van der Waals surface area contributed by atoms with Crippen LogP contribution in [-0.4, -0.2) is 31.1 Å². The van der Waals surface area contributed by atoms with Crippen LogP contribution in [0.2, 0.25) is 0 Å². The molecule has 0 heterocycles. The maximum Gasteiger partial charge on any atom is 0.243 e. The summed E-state index contributed by atoms with van der Waals surface area (Å²) in [7, 11) is 1.67. The standard InChI is InChI=1S/C21H28N4O2.HI/c1-21(2,3)27-18-13-9-8-10-16(18)14-23-20(22-4)24-15-19(26)25-17-11-6-5-7-12-17;/h5-13H,14-15H2,1-4H3,(H,25,26)(H2,22,23,24);1H. The Bertz CT molecular complexity index is 773. The lowest BCUT2D eigenvalue weighted by molar-refractivity contribution is -0.115. The fourth-order valence-electron chi connectivity index (χ4n) is 2.37. The van der Waals surface area contributed by atoms with Gasteiger partial charge < -0.3 is 20.7 Å². The largest absolute Gasteiger partial charge is 0.488 e. The summed E-state index contributed by atoms with van der Waals surface area (Å²) in [5.41, 5.74) is 1.51. The molecule has 7 heteroatoms. The third-order valence-electron chi connectivity index (χ3n) is 3.53. The van der Waals surface area contributed by atoms with Crippen LogP contribution in [0.1, 0.15) is 26.3 Å². The second-order valence-corrected chi connectivity index (χ2v) is 7.02. The fraction of sp³-hybridized carbons (Fsp3) is 0.333. The molecular weight excluding hydrogens is 467 g/mol. The maximum absolute atomic E-state index is 12.0. The molecule has 0 atom stereocenters. The molecule has 3 N–H and O–H groups in total. The average molecular weight is 496 g/mol. The molecule has 0 bridgehead atoms. The summed E-state index contributed by atoms with van der Waals surface area (Å²) in [5.74, 6) is 1.24. The predicted octanol–water partition coefficient (Wildman–Crippen LogP) is 3.79. The zero-order valence-electron chi connectivity index (χ0n) is 16.8. The molecule has 0 aromatic heterocycles. The normalized spacial score (nSPS) is 11.2. The van der Waals surface area contributed by atoms with Crippen molar-refractivity contribution >= 4 is 41.5 Å². The van der Waals surface area contributed by atoms with Crippen LogP contribution in [0.25, 0.3) is 0 Å². The number of halogens is 1. The first-order valence-corrected chi connectivity index (χ1v) is 8.94. The van der Waals surface area contributed by atoms with E-state index in [4.69, 9.17) is 4.74 Å². The molecule has 6 nitrogen and oxygen atoms in total. The van der Waals surface area contributed by atoms with Gasteiger partial charge in [0, 0.05) is 24.8 Å². The third kappa shape index (κ3) is 8.60. The van der Waals surface area contributed by atoms with Crippen LogP contribution in [0.3, 0.4) is 0 Å². The Labute approximate surface area is 184 Å². The molecule has 2 rings (SSSR count). The first-order valence-electron chi connectivity index (χ1n) is 8.94. The van der Waals surface area contributed by atoms with Crippen LogP contribution in [0.5, 0.6) is 5.75 Å². The number of amides is 1. The van der Waals surface area contributed by atoms with Gasteiger partial charge in [-0.25, -0.2) is 0 Å². The number of nitrogens with one attached hydrogen (secondary N) is 3. The summed E-state index contributed by atoms with van der Waals surface area (Å²) in [6.45, 7) is 6.70. The summed E-state index contributed by atoms with van der Waals surface area (Å²) >= 11 is 0. The topological polar surface area (TPSA) is 74.8 Å². The number of carbonyl (C=O) groups is 1. The van der Waals surface area contributed by atoms with Crippen molar-refractivity contribution in [3.8, 4) is 5.75 Å². The number of hydrogen-bond donors (Lipinski definition) is 3. The predicted molar refractivity (Wildman–Crippen MR) is 126 cm³/mol. The maximum atomic E-state index is 12.0. The van der Waals surface area contributed by atoms with E-state index < -0.39 is 0 Å². The molecule has 28 heavy (non-hydrogen) atoms. The highest BCUT2D eigenvalue weighted by molar-refractivity contribution is 14.0. The van der Waals surface area contributed by atoms with E-state index in [0.717, 1.165) is 17.0 Å². The van der Waals surface area contributed by atoms with Crippen LogP contribution < -0.4 is 20.7 Å². The van der Waals surface area contributed by atoms with Gasteiger partial charge in [-0.05, 0) is 39.0 Å². The number of anilines is 1. The molecular formula is C21H29IN4O2. The summed E-state index contributed by atoms with van der Waals surface area (Å²) < 4.78 is 6.00. The number of benzene rings is 2. The lowest BCUT2D eigenvalue weighted by Crippen LogP contribution is -2.41. The van der Waals surface area contributed by atoms with Gasteiger partial charge in [0.25, 0.3) is 0 Å². The highest BCUT2D eigenvalue weighted by atomic mass is 127. The van der Waals surface area contributed by atoms with Crippen LogP contribution in [-0.2, 0) is 11.3 Å². The van der Waals surface area contributed by atoms with Gasteiger partial charge >= 0.3 is 0 Å². The monoisotopic (exact) mass is 496 g/mol. The smallest absolute Gasteiger partial charge is 0.243 e. The number of nitrogens with zero attached hydrogens (tertiary/aromatic N) is 1. The van der Waals surface area contributed by atoms with Crippen molar-refractivity contribution in [3.05, 3.63) is 60.2 Å². The van der Waals surface area contributed by atoms with E-state index in [9.17, 15) is 4.79 Å². The van der Waals surface area contributed by atoms with Crippen LogP contribution in [0.4, 0.5) is 5.69 Å². The number of aliphatic imine (C=N–C) groups is 1. The zero-order chi connectivity index (χ0) is 19.7. The third-order valence-corrected chi connectivity index (χ3v) is 3.53. The lowest BCUT2D eigenvalue weighted by atomic mass is 10.1. The van der Waals surface area contributed by atoms with Crippen molar-refractivity contribution in [2.24, 2.45) is 4.99 Å². The van der Waals surface area contributed by atoms with Crippen molar-refractivity contribution in [1.29, 1.82) is 0 Å². The minimum absolute atomic E-state index is 0. The van der Waals surface area contributed by atoms with Gasteiger partial charge in [0.2, 0.25) is 5.91 Å². The van der Waals surface area contributed by atoms with Crippen LogP contribution >= 0.6 is 24.0 Å². The van der Waals surface area contributed by atoms with Gasteiger partial charge in [-0.1, -0.05) is 36.4 Å². The van der Waals surface area contributed by atoms with E-state index in [1.165, 1.54) is 0 Å². The number of para-hydroxylation sites is 2. The van der Waals surface area contributed by atoms with Crippen LogP contribution in [0, 0.1) is 0 Å². The SMILES string of the molecule is CN=C(NCC(=O)Nc1ccccc1)NCc1ccccc1OC(C)(C)C.I. The number of hydrogen-bond acceptors (Lipinski definition) is 3. The fourth-order valence-corrected chi connectivity index (χ4v) is 2.37. The van der Waals surface area contributed by atoms with Crippen molar-refractivity contribution in [2.75, 3.05) is 18.9 Å². The van der Waals surface area contributed by atoms with E-state index in [1.807, 2.05) is 75.4 Å². The Morgan fingerprint density at radius 3 is 2.29 bits per heavy atom. The highest BCUT2D eigenvalue weighted by Crippen LogP contribution is 2.22. The van der Waals surface area contributed by atoms with Gasteiger partial charge in [0.05, 0.1) is 6.54 Å². The minimum atomic E-state index is -0.272. The van der Waals surface area contributed by atoms with Gasteiger partial charge in [-0.15, -0.1) is 24.0 Å². The van der Waals surface area contributed by atoms with Crippen LogP contribution in [0.15, 0.2) is 59.6 Å². The molecule has 152 valence electrons. The van der Waals surface area contributed by atoms with Gasteiger partial charge in [-0.3, -0.25) is 9.79 Å². The Kier molecular flexibility index (Phi) is 9.78. The van der Waals surface area contributed by atoms with Gasteiger partial charge in [0.15, 0.2) is 5.96 Å². The first kappa shape index (κ1) is 23.7. The van der Waals surface area contributed by atoms with E-state index in [-0.39, 0.29) is 42.0 Å². The first-order chi connectivity index (χ1) is 12.9. The number of rotatable bonds is 6. The van der Waals surface area contributed by atoms with E-state index >= 15 is 0 Å². The molecule has 0 saturated heterocycles. The number of guanidine groups is 1. The van der Waals surface area contributed by atoms with Crippen molar-refractivity contribution in [1.82, 2.24) is 10.6 Å². The summed E-state index contributed by atoms with van der Waals surface area (Å²) in [6, 6.07) is 17.2. The molecule has 0 fully saturated rings. The highest BCUT2D eigenvalue weighted by Gasteiger charge is 2.14. The number of carbonyl (C=O) groups excluding carboxylic acids is 1. The summed E-state index contributed by atoms with van der Waals surface area (Å²) in [6.07, 6.45) is 0. The molecule has 0 spiro atoms. The average Bonchev–Trinajstić information content (AvgIpc) is 2.62. The summed E-state index contributed by atoms with van der Waals surface area (Å²) in [5, 5.41) is 9.05. The van der Waals surface area contributed by atoms with E-state index in [2.05, 4.69) is 20.9 Å². The molecule has 0 unspecified atom stereocenters. The minimum Gasteiger partial charge on any atom is -0.488 e. The zero-order valence-corrected chi connectivity index (χ0v) is 19.1. The Morgan fingerprint density at radius 2 is 1.64 bits per heavy atom. The molecule has 0 saturated carbocycles. The molecule has 0 aliphatic rings. The van der Waals surface area contributed by atoms with Crippen molar-refractivity contribution in [2.45, 2.75) is 32.9 Å². The quantitative estimate of drug-likeness (QED) is 0.323. The molecule has 2 aromatic carbocycles. The Morgan fingerprint density at radius 1 is 1.00 bits per heavy atom. The van der Waals surface area contributed by atoms with Crippen molar-refractivity contribution < 1.29 is 9.53 Å². The second-order valence-electron chi connectivity index (χ2n) is 7.02. The van der Waals surface area contributed by atoms with E-state index in [1.54, 1.807) is 7.05 Å². The van der Waals surface area contributed by atoms with E-state index in [0.29, 0.717) is 12.5 Å². The lowest BCUT2D eigenvalue weighted by Gasteiger charge is -2.23. The van der Waals surface area contributed by atoms with Gasteiger partial charge in [0.1, 0.15) is 11.4 Å². The molecule has 0 aliphatic carbocycles. The molecule has 2 aromatic rings. The van der Waals surface area contributed by atoms with Crippen molar-refractivity contribution in [3.63, 3.8) is 0 Å². The Balaban J connectivity index is 0.00000392. The molecule has 1 amide bonds.